The monoisotopic (exact) mass is 466 g/mol. The largest absolute Gasteiger partial charge is 0.507 e. The lowest BCUT2D eigenvalue weighted by Gasteiger charge is -2.13. The number of nitrogens with zero attached hydrogens (tertiary/aromatic N) is 1. The summed E-state index contributed by atoms with van der Waals surface area (Å²) in [5.74, 6) is -0.395. The molecule has 0 bridgehead atoms. The first-order valence-corrected chi connectivity index (χ1v) is 10.3. The zero-order chi connectivity index (χ0) is 23.9. The molecular weight excluding hydrogens is 446 g/mol. The van der Waals surface area contributed by atoms with Gasteiger partial charge in [0.25, 0.3) is 5.91 Å². The van der Waals surface area contributed by atoms with Gasteiger partial charge >= 0.3 is 6.61 Å². The van der Waals surface area contributed by atoms with Gasteiger partial charge < -0.3 is 24.3 Å². The highest BCUT2D eigenvalue weighted by Crippen LogP contribution is 2.34. The molecule has 0 saturated carbocycles. The number of carbonyl (C=O) groups excluding carboxylic acids is 1. The Balaban J connectivity index is 1.48. The minimum absolute atomic E-state index is 0.0562. The molecule has 0 radical (unpaired) electrons. The van der Waals surface area contributed by atoms with Crippen LogP contribution in [0, 0.1) is 0 Å². The number of hydrogen-bond donors (Lipinski definition) is 2. The first kappa shape index (κ1) is 22.8. The van der Waals surface area contributed by atoms with E-state index in [4.69, 9.17) is 9.15 Å². The number of rotatable bonds is 9. The van der Waals surface area contributed by atoms with Crippen molar-refractivity contribution < 1.29 is 32.6 Å². The summed E-state index contributed by atoms with van der Waals surface area (Å²) < 4.78 is 41.4. The van der Waals surface area contributed by atoms with Crippen LogP contribution < -0.4 is 14.8 Å². The van der Waals surface area contributed by atoms with Gasteiger partial charge in [-0.15, -0.1) is 0 Å². The standard InChI is InChI=1S/C25H20F2N2O5/c26-25(27)34-21-11-10-17(12-22(21)32-14-16-6-2-1-3-7-16)24-29-18(15-33-24)13-28-23(31)19-8-4-5-9-20(19)30/h1-12,15,25,30H,13-14H2,(H,28,31). The molecule has 9 heteroatoms. The third-order valence-corrected chi connectivity index (χ3v) is 4.77. The van der Waals surface area contributed by atoms with Gasteiger partial charge in [0, 0.05) is 5.56 Å². The second-order valence-corrected chi connectivity index (χ2v) is 7.16. The van der Waals surface area contributed by atoms with E-state index in [2.05, 4.69) is 15.0 Å². The minimum atomic E-state index is -3.01. The van der Waals surface area contributed by atoms with E-state index in [1.54, 1.807) is 12.1 Å². The van der Waals surface area contributed by atoms with Crippen molar-refractivity contribution in [2.24, 2.45) is 0 Å². The van der Waals surface area contributed by atoms with Gasteiger partial charge in [0.15, 0.2) is 11.5 Å². The average molecular weight is 466 g/mol. The molecule has 4 rings (SSSR count). The van der Waals surface area contributed by atoms with Crippen molar-refractivity contribution in [2.75, 3.05) is 0 Å². The Labute approximate surface area is 193 Å². The number of ether oxygens (including phenoxy) is 2. The Bertz CT molecular complexity index is 1260. The molecule has 1 heterocycles. The van der Waals surface area contributed by atoms with E-state index < -0.39 is 12.5 Å². The first-order valence-electron chi connectivity index (χ1n) is 10.3. The van der Waals surface area contributed by atoms with Crippen LogP contribution in [0.2, 0.25) is 0 Å². The maximum absolute atomic E-state index is 12.8. The fourth-order valence-corrected chi connectivity index (χ4v) is 3.14. The minimum Gasteiger partial charge on any atom is -0.507 e. The lowest BCUT2D eigenvalue weighted by Crippen LogP contribution is -2.22. The number of oxazole rings is 1. The second kappa shape index (κ2) is 10.5. The highest BCUT2D eigenvalue weighted by atomic mass is 19.3. The zero-order valence-corrected chi connectivity index (χ0v) is 17.8. The van der Waals surface area contributed by atoms with Crippen molar-refractivity contribution in [3.05, 3.63) is 95.9 Å². The number of aromatic nitrogens is 1. The van der Waals surface area contributed by atoms with Gasteiger partial charge in [-0.3, -0.25) is 4.79 Å². The highest BCUT2D eigenvalue weighted by Gasteiger charge is 2.16. The van der Waals surface area contributed by atoms with Crippen LogP contribution in [0.25, 0.3) is 11.5 Å². The number of benzene rings is 3. The Morgan fingerprint density at radius 1 is 1.03 bits per heavy atom. The van der Waals surface area contributed by atoms with Crippen LogP contribution in [-0.4, -0.2) is 22.6 Å². The summed E-state index contributed by atoms with van der Waals surface area (Å²) in [5.41, 5.74) is 1.90. The normalized spacial score (nSPS) is 10.8. The molecule has 4 aromatic rings. The van der Waals surface area contributed by atoms with Gasteiger partial charge in [0.05, 0.1) is 17.8 Å². The number of hydrogen-bond acceptors (Lipinski definition) is 6. The smallest absolute Gasteiger partial charge is 0.387 e. The molecule has 34 heavy (non-hydrogen) atoms. The maximum Gasteiger partial charge on any atom is 0.387 e. The molecule has 7 nitrogen and oxygen atoms in total. The number of amides is 1. The number of nitrogens with one attached hydrogen (secondary N) is 1. The van der Waals surface area contributed by atoms with Gasteiger partial charge in [0.2, 0.25) is 5.89 Å². The third-order valence-electron chi connectivity index (χ3n) is 4.77. The van der Waals surface area contributed by atoms with E-state index in [0.717, 1.165) is 5.56 Å². The van der Waals surface area contributed by atoms with Crippen molar-refractivity contribution in [1.82, 2.24) is 10.3 Å². The molecule has 0 fully saturated rings. The third kappa shape index (κ3) is 5.69. The van der Waals surface area contributed by atoms with Crippen LogP contribution in [0.3, 0.4) is 0 Å². The van der Waals surface area contributed by atoms with Crippen LogP contribution in [-0.2, 0) is 13.2 Å². The van der Waals surface area contributed by atoms with Crippen molar-refractivity contribution in [2.45, 2.75) is 19.8 Å². The van der Waals surface area contributed by atoms with E-state index in [9.17, 15) is 18.7 Å². The molecule has 1 amide bonds. The number of alkyl halides is 2. The second-order valence-electron chi connectivity index (χ2n) is 7.16. The number of phenols is 1. The molecular formula is C25H20F2N2O5. The first-order chi connectivity index (χ1) is 16.5. The van der Waals surface area contributed by atoms with Crippen LogP contribution in [0.4, 0.5) is 8.78 Å². The highest BCUT2D eigenvalue weighted by molar-refractivity contribution is 5.96. The molecule has 2 N–H and O–H groups in total. The molecule has 3 aromatic carbocycles. The lowest BCUT2D eigenvalue weighted by molar-refractivity contribution is -0.0515. The SMILES string of the molecule is O=C(NCc1coc(-c2ccc(OC(F)F)c(OCc3ccccc3)c2)n1)c1ccccc1O. The molecule has 0 unspecified atom stereocenters. The van der Waals surface area contributed by atoms with Crippen molar-refractivity contribution in [3.8, 4) is 28.7 Å². The summed E-state index contributed by atoms with van der Waals surface area (Å²) in [6, 6.07) is 19.8. The number of phenolic OH excluding ortho intramolecular Hbond substituents is 1. The molecule has 0 atom stereocenters. The molecule has 0 aliphatic heterocycles. The van der Waals surface area contributed by atoms with E-state index >= 15 is 0 Å². The van der Waals surface area contributed by atoms with E-state index in [1.165, 1.54) is 36.6 Å². The predicted molar refractivity (Wildman–Crippen MR) is 119 cm³/mol. The predicted octanol–water partition coefficient (Wildman–Crippen LogP) is 5.16. The fraction of sp³-hybridized carbons (Fsp3) is 0.120. The lowest BCUT2D eigenvalue weighted by atomic mass is 10.2. The summed E-state index contributed by atoms with van der Waals surface area (Å²) >= 11 is 0. The molecule has 0 aliphatic carbocycles. The quantitative estimate of drug-likeness (QED) is 0.354. The van der Waals surface area contributed by atoms with Crippen LogP contribution >= 0.6 is 0 Å². The number of halogens is 2. The molecule has 0 aliphatic rings. The molecule has 0 spiro atoms. The van der Waals surface area contributed by atoms with Crippen molar-refractivity contribution in [3.63, 3.8) is 0 Å². The summed E-state index contributed by atoms with van der Waals surface area (Å²) in [4.78, 5) is 16.6. The van der Waals surface area contributed by atoms with Gasteiger partial charge in [-0.1, -0.05) is 42.5 Å². The summed E-state index contributed by atoms with van der Waals surface area (Å²) in [6.45, 7) is -2.80. The Morgan fingerprint density at radius 3 is 2.56 bits per heavy atom. The van der Waals surface area contributed by atoms with E-state index in [1.807, 2.05) is 30.3 Å². The van der Waals surface area contributed by atoms with Gasteiger partial charge in [-0.2, -0.15) is 8.78 Å². The maximum atomic E-state index is 12.8. The van der Waals surface area contributed by atoms with Crippen molar-refractivity contribution >= 4 is 5.91 Å². The molecule has 1 aromatic heterocycles. The van der Waals surface area contributed by atoms with Crippen molar-refractivity contribution in [1.29, 1.82) is 0 Å². The number of para-hydroxylation sites is 1. The van der Waals surface area contributed by atoms with Gasteiger partial charge in [-0.05, 0) is 35.9 Å². The summed E-state index contributed by atoms with van der Waals surface area (Å²) in [5, 5.41) is 12.4. The van der Waals surface area contributed by atoms with E-state index in [0.29, 0.717) is 11.3 Å². The zero-order valence-electron chi connectivity index (χ0n) is 17.8. The Hall–Kier alpha value is -4.40. The summed E-state index contributed by atoms with van der Waals surface area (Å²) in [6.07, 6.45) is 1.37. The Morgan fingerprint density at radius 2 is 1.79 bits per heavy atom. The molecule has 174 valence electrons. The van der Waals surface area contributed by atoms with Gasteiger partial charge in [0.1, 0.15) is 18.6 Å². The average Bonchev–Trinajstić information content (AvgIpc) is 3.31. The fourth-order valence-electron chi connectivity index (χ4n) is 3.14. The number of carbonyl (C=O) groups is 1. The van der Waals surface area contributed by atoms with E-state index in [-0.39, 0.29) is 41.9 Å². The number of aromatic hydroxyl groups is 1. The van der Waals surface area contributed by atoms with Crippen LogP contribution in [0.1, 0.15) is 21.6 Å². The van der Waals surface area contributed by atoms with Crippen LogP contribution in [0.15, 0.2) is 83.5 Å². The van der Waals surface area contributed by atoms with Gasteiger partial charge in [-0.25, -0.2) is 4.98 Å². The summed E-state index contributed by atoms with van der Waals surface area (Å²) in [7, 11) is 0. The molecule has 0 saturated heterocycles. The van der Waals surface area contributed by atoms with Crippen LogP contribution in [0.5, 0.6) is 17.2 Å². The topological polar surface area (TPSA) is 93.8 Å². The Kier molecular flexibility index (Phi) is 7.02.